The molecule has 174 valence electrons. The first-order valence-corrected chi connectivity index (χ1v) is 10.1. The lowest BCUT2D eigenvalue weighted by molar-refractivity contribution is -0.138. The summed E-state index contributed by atoms with van der Waals surface area (Å²) in [5.41, 5.74) is 1.65. The minimum Gasteiger partial charge on any atom is -0.466 e. The number of urea groups is 1. The van der Waals surface area contributed by atoms with E-state index in [4.69, 9.17) is 17.0 Å². The Kier molecular flexibility index (Phi) is 6.92. The van der Waals surface area contributed by atoms with Crippen molar-refractivity contribution in [2.75, 3.05) is 24.8 Å². The number of hydrogen-bond donors (Lipinski definition) is 3. The third kappa shape index (κ3) is 5.43. The SMILES string of the molecule is COC(=O)C1=C(C)N(C)C(=S)NC1c1ccc(NC(=O)Nc2ccc(C(F)(F)F)cc2)cc1. The number of rotatable bonds is 4. The molecule has 0 fully saturated rings. The maximum absolute atomic E-state index is 12.6. The number of anilines is 2. The van der Waals surface area contributed by atoms with Crippen molar-refractivity contribution in [3.05, 3.63) is 70.9 Å². The molecule has 7 nitrogen and oxygen atoms in total. The summed E-state index contributed by atoms with van der Waals surface area (Å²) in [5, 5.41) is 8.63. The normalized spacial score (nSPS) is 16.2. The van der Waals surface area contributed by atoms with Gasteiger partial charge in [0.25, 0.3) is 0 Å². The van der Waals surface area contributed by atoms with Crippen LogP contribution in [0, 0.1) is 0 Å². The van der Waals surface area contributed by atoms with Crippen molar-refractivity contribution in [2.24, 2.45) is 0 Å². The zero-order valence-electron chi connectivity index (χ0n) is 17.9. The van der Waals surface area contributed by atoms with Crippen LogP contribution in [0.2, 0.25) is 0 Å². The number of benzene rings is 2. The molecule has 2 aromatic rings. The van der Waals surface area contributed by atoms with Crippen LogP contribution in [0.3, 0.4) is 0 Å². The lowest BCUT2D eigenvalue weighted by Crippen LogP contribution is -2.46. The lowest BCUT2D eigenvalue weighted by atomic mass is 9.95. The van der Waals surface area contributed by atoms with Crippen molar-refractivity contribution < 1.29 is 27.5 Å². The summed E-state index contributed by atoms with van der Waals surface area (Å²) >= 11 is 5.33. The van der Waals surface area contributed by atoms with Gasteiger partial charge in [0.05, 0.1) is 24.3 Å². The van der Waals surface area contributed by atoms with Gasteiger partial charge in [-0.3, -0.25) is 0 Å². The molecule has 0 saturated heterocycles. The maximum atomic E-state index is 12.6. The van der Waals surface area contributed by atoms with Crippen molar-refractivity contribution in [1.82, 2.24) is 10.2 Å². The van der Waals surface area contributed by atoms with Gasteiger partial charge in [0.1, 0.15) is 0 Å². The van der Waals surface area contributed by atoms with Crippen LogP contribution in [0.15, 0.2) is 59.8 Å². The monoisotopic (exact) mass is 478 g/mol. The fourth-order valence-electron chi connectivity index (χ4n) is 3.25. The molecule has 3 rings (SSSR count). The van der Waals surface area contributed by atoms with Gasteiger partial charge in [-0.2, -0.15) is 13.2 Å². The summed E-state index contributed by atoms with van der Waals surface area (Å²) in [6.07, 6.45) is -4.45. The number of allylic oxidation sites excluding steroid dienone is 1. The molecule has 0 saturated carbocycles. The maximum Gasteiger partial charge on any atom is 0.416 e. The summed E-state index contributed by atoms with van der Waals surface area (Å²) in [7, 11) is 3.04. The number of amides is 2. The zero-order valence-corrected chi connectivity index (χ0v) is 18.7. The predicted molar refractivity (Wildman–Crippen MR) is 121 cm³/mol. The number of methoxy groups -OCH3 is 1. The van der Waals surface area contributed by atoms with Gasteiger partial charge >= 0.3 is 18.2 Å². The number of ether oxygens (including phenoxy) is 1. The van der Waals surface area contributed by atoms with Gasteiger partial charge in [-0.15, -0.1) is 0 Å². The molecule has 11 heteroatoms. The highest BCUT2D eigenvalue weighted by atomic mass is 32.1. The van der Waals surface area contributed by atoms with Crippen LogP contribution in [0.4, 0.5) is 29.3 Å². The summed E-state index contributed by atoms with van der Waals surface area (Å²) < 4.78 is 42.9. The van der Waals surface area contributed by atoms with Crippen LogP contribution >= 0.6 is 12.2 Å². The Bertz CT molecular complexity index is 1100. The van der Waals surface area contributed by atoms with E-state index in [2.05, 4.69) is 16.0 Å². The van der Waals surface area contributed by atoms with Crippen LogP contribution in [-0.2, 0) is 15.7 Å². The van der Waals surface area contributed by atoms with E-state index in [1.54, 1.807) is 43.1 Å². The number of carbonyl (C=O) groups is 2. The molecule has 2 aromatic carbocycles. The minimum atomic E-state index is -4.45. The van der Waals surface area contributed by atoms with Crippen molar-refractivity contribution in [1.29, 1.82) is 0 Å². The summed E-state index contributed by atoms with van der Waals surface area (Å²) in [5.74, 6) is -0.488. The Balaban J connectivity index is 1.71. The quantitative estimate of drug-likeness (QED) is 0.438. The topological polar surface area (TPSA) is 82.7 Å². The third-order valence-electron chi connectivity index (χ3n) is 5.13. The zero-order chi connectivity index (χ0) is 24.3. The van der Waals surface area contributed by atoms with E-state index in [0.717, 1.165) is 17.7 Å². The number of halogens is 3. The highest BCUT2D eigenvalue weighted by Crippen LogP contribution is 2.32. The predicted octanol–water partition coefficient (Wildman–Crippen LogP) is 4.66. The van der Waals surface area contributed by atoms with Crippen molar-refractivity contribution >= 4 is 40.7 Å². The van der Waals surface area contributed by atoms with E-state index < -0.39 is 29.8 Å². The smallest absolute Gasteiger partial charge is 0.416 e. The van der Waals surface area contributed by atoms with Crippen LogP contribution in [0.5, 0.6) is 0 Å². The molecule has 1 aliphatic rings. The molecule has 0 spiro atoms. The molecule has 1 atom stereocenters. The molecule has 3 N–H and O–H groups in total. The molecule has 0 aliphatic carbocycles. The van der Waals surface area contributed by atoms with E-state index in [9.17, 15) is 22.8 Å². The first-order valence-electron chi connectivity index (χ1n) is 9.69. The molecule has 2 amide bonds. The average Bonchev–Trinajstić information content (AvgIpc) is 2.77. The Morgan fingerprint density at radius 3 is 2.03 bits per heavy atom. The van der Waals surface area contributed by atoms with Crippen LogP contribution in [0.25, 0.3) is 0 Å². The van der Waals surface area contributed by atoms with Crippen LogP contribution in [-0.4, -0.2) is 36.2 Å². The molecular weight excluding hydrogens is 457 g/mol. The highest BCUT2D eigenvalue weighted by Gasteiger charge is 2.33. The highest BCUT2D eigenvalue weighted by molar-refractivity contribution is 7.80. The number of nitrogens with one attached hydrogen (secondary N) is 3. The Morgan fingerprint density at radius 2 is 1.55 bits per heavy atom. The first kappa shape index (κ1) is 24.1. The van der Waals surface area contributed by atoms with Crippen LogP contribution < -0.4 is 16.0 Å². The van der Waals surface area contributed by atoms with Crippen molar-refractivity contribution in [3.8, 4) is 0 Å². The van der Waals surface area contributed by atoms with Gasteiger partial charge in [0.2, 0.25) is 0 Å². The minimum absolute atomic E-state index is 0.212. The van der Waals surface area contributed by atoms with E-state index in [0.29, 0.717) is 22.1 Å². The molecule has 1 heterocycles. The first-order chi connectivity index (χ1) is 15.5. The number of esters is 1. The molecule has 33 heavy (non-hydrogen) atoms. The fraction of sp³-hybridized carbons (Fsp3) is 0.227. The van der Waals surface area contributed by atoms with E-state index in [1.165, 1.54) is 19.2 Å². The second kappa shape index (κ2) is 9.49. The largest absolute Gasteiger partial charge is 0.466 e. The Labute approximate surface area is 193 Å². The number of nitrogens with zero attached hydrogens (tertiary/aromatic N) is 1. The number of carbonyl (C=O) groups excluding carboxylic acids is 2. The third-order valence-corrected chi connectivity index (χ3v) is 5.52. The molecule has 0 radical (unpaired) electrons. The molecule has 1 aliphatic heterocycles. The van der Waals surface area contributed by atoms with Gasteiger partial charge in [-0.1, -0.05) is 12.1 Å². The lowest BCUT2D eigenvalue weighted by Gasteiger charge is -2.35. The van der Waals surface area contributed by atoms with Gasteiger partial charge < -0.3 is 25.6 Å². The van der Waals surface area contributed by atoms with E-state index >= 15 is 0 Å². The number of hydrogen-bond acceptors (Lipinski definition) is 4. The summed E-state index contributed by atoms with van der Waals surface area (Å²) in [6.45, 7) is 1.77. The van der Waals surface area contributed by atoms with Crippen molar-refractivity contribution in [3.63, 3.8) is 0 Å². The van der Waals surface area contributed by atoms with Gasteiger partial charge in [-0.25, -0.2) is 9.59 Å². The molecule has 1 unspecified atom stereocenters. The molecule has 0 bridgehead atoms. The average molecular weight is 478 g/mol. The summed E-state index contributed by atoms with van der Waals surface area (Å²) in [6, 6.07) is 9.67. The molecule has 0 aromatic heterocycles. The van der Waals surface area contributed by atoms with Crippen LogP contribution in [0.1, 0.15) is 24.1 Å². The second-order valence-corrected chi connectivity index (χ2v) is 7.60. The standard InChI is InChI=1S/C22H21F3N4O3S/c1-12-17(19(30)32-3)18(28-21(33)29(12)2)13-4-8-15(9-5-13)26-20(31)27-16-10-6-14(7-11-16)22(23,24)25/h4-11,18H,1-3H3,(H,28,33)(H2,26,27,31). The van der Waals surface area contributed by atoms with E-state index in [1.807, 2.05) is 0 Å². The van der Waals surface area contributed by atoms with Gasteiger partial charge in [0.15, 0.2) is 5.11 Å². The molecular formula is C22H21F3N4O3S. The number of alkyl halides is 3. The fourth-order valence-corrected chi connectivity index (χ4v) is 3.51. The van der Waals surface area contributed by atoms with Gasteiger partial charge in [-0.05, 0) is 61.1 Å². The number of thiocarbonyl (C=S) groups is 1. The van der Waals surface area contributed by atoms with Crippen molar-refractivity contribution in [2.45, 2.75) is 19.1 Å². The van der Waals surface area contributed by atoms with Gasteiger partial charge in [0, 0.05) is 24.1 Å². The Morgan fingerprint density at radius 1 is 1.03 bits per heavy atom. The Hall–Kier alpha value is -3.60. The van der Waals surface area contributed by atoms with E-state index in [-0.39, 0.29) is 5.69 Å². The summed E-state index contributed by atoms with van der Waals surface area (Å²) in [4.78, 5) is 26.2. The second-order valence-electron chi connectivity index (χ2n) is 7.21.